The Balaban J connectivity index is 1.15. The Morgan fingerprint density at radius 3 is 0.836 bits per heavy atom. The Bertz CT molecular complexity index is 3450. The molecule has 73 heavy (non-hydrogen) atoms. The Labute approximate surface area is 430 Å². The zero-order chi connectivity index (χ0) is 49.0. The molecular formula is C70H53BN2. The van der Waals surface area contributed by atoms with E-state index in [1.54, 1.807) is 0 Å². The highest BCUT2D eigenvalue weighted by molar-refractivity contribution is 7.00. The lowest BCUT2D eigenvalue weighted by Gasteiger charge is -2.45. The van der Waals surface area contributed by atoms with Crippen LogP contribution in [0.2, 0.25) is 0 Å². The van der Waals surface area contributed by atoms with Gasteiger partial charge in [0.15, 0.2) is 0 Å². The lowest BCUT2D eigenvalue weighted by atomic mass is 9.33. The van der Waals surface area contributed by atoms with Crippen LogP contribution in [0.4, 0.5) is 34.1 Å². The third-order valence-electron chi connectivity index (χ3n) is 14.9. The topological polar surface area (TPSA) is 6.48 Å². The molecule has 0 aliphatic carbocycles. The molecule has 0 aromatic heterocycles. The van der Waals surface area contributed by atoms with Crippen LogP contribution in [0, 0.1) is 0 Å². The first-order valence-electron chi connectivity index (χ1n) is 25.5. The molecular weight excluding hydrogens is 880 g/mol. The summed E-state index contributed by atoms with van der Waals surface area (Å²) < 4.78 is 0. The van der Waals surface area contributed by atoms with E-state index >= 15 is 0 Å². The Morgan fingerprint density at radius 1 is 0.260 bits per heavy atom. The van der Waals surface area contributed by atoms with Crippen molar-refractivity contribution >= 4 is 57.2 Å². The maximum absolute atomic E-state index is 2.59. The largest absolute Gasteiger partial charge is 0.311 e. The molecule has 11 aromatic rings. The van der Waals surface area contributed by atoms with Crippen molar-refractivity contribution < 1.29 is 0 Å². The summed E-state index contributed by atoms with van der Waals surface area (Å²) in [6.45, 7) is 6.96. The second kappa shape index (κ2) is 18.0. The molecule has 0 bridgehead atoms. The molecule has 0 saturated heterocycles. The molecule has 11 aromatic carbocycles. The van der Waals surface area contributed by atoms with Gasteiger partial charge in [-0.1, -0.05) is 227 Å². The second-order valence-electron chi connectivity index (χ2n) is 20.6. The minimum atomic E-state index is -0.185. The second-order valence-corrected chi connectivity index (χ2v) is 20.6. The van der Waals surface area contributed by atoms with Crippen molar-refractivity contribution in [1.29, 1.82) is 0 Å². The molecule has 346 valence electrons. The minimum absolute atomic E-state index is 0.0966. The number of nitrogens with zero attached hydrogens (tertiary/aromatic N) is 2. The van der Waals surface area contributed by atoms with Crippen LogP contribution in [-0.4, -0.2) is 6.71 Å². The molecule has 0 unspecified atom stereocenters. The van der Waals surface area contributed by atoms with Gasteiger partial charge >= 0.3 is 0 Å². The third kappa shape index (κ3) is 8.04. The summed E-state index contributed by atoms with van der Waals surface area (Å²) in [5.74, 6) is 0. The van der Waals surface area contributed by atoms with Gasteiger partial charge in [0.25, 0.3) is 6.71 Å². The van der Waals surface area contributed by atoms with Crippen molar-refractivity contribution in [2.75, 3.05) is 9.80 Å². The van der Waals surface area contributed by atoms with Gasteiger partial charge in [-0.05, 0) is 155 Å². The molecule has 0 atom stereocenters. The number of hydrogen-bond acceptors (Lipinski definition) is 2. The van der Waals surface area contributed by atoms with Gasteiger partial charge in [-0.2, -0.15) is 0 Å². The van der Waals surface area contributed by atoms with Crippen LogP contribution < -0.4 is 26.2 Å². The first-order valence-corrected chi connectivity index (χ1v) is 25.5. The molecule has 0 spiro atoms. The predicted octanol–water partition coefficient (Wildman–Crippen LogP) is 17.1. The summed E-state index contributed by atoms with van der Waals surface area (Å²) in [7, 11) is 0. The number of benzene rings is 11. The molecule has 0 radical (unpaired) electrons. The zero-order valence-corrected chi connectivity index (χ0v) is 41.4. The maximum Gasteiger partial charge on any atom is 0.252 e. The van der Waals surface area contributed by atoms with Gasteiger partial charge in [-0.15, -0.1) is 0 Å². The van der Waals surface area contributed by atoms with E-state index < -0.39 is 0 Å². The lowest BCUT2D eigenvalue weighted by Crippen LogP contribution is -2.61. The molecule has 2 aliphatic rings. The summed E-state index contributed by atoms with van der Waals surface area (Å²) in [5, 5.41) is 0. The number of anilines is 6. The molecule has 13 rings (SSSR count). The highest BCUT2D eigenvalue weighted by Crippen LogP contribution is 2.49. The molecule has 0 N–H and O–H groups in total. The molecule has 0 saturated carbocycles. The molecule has 2 aliphatic heterocycles. The van der Waals surface area contributed by atoms with Gasteiger partial charge in [0.05, 0.1) is 0 Å². The van der Waals surface area contributed by atoms with Gasteiger partial charge in [-0.25, -0.2) is 0 Å². The molecule has 3 heteroatoms. The van der Waals surface area contributed by atoms with E-state index in [1.165, 1.54) is 111 Å². The van der Waals surface area contributed by atoms with E-state index in [0.29, 0.717) is 0 Å². The van der Waals surface area contributed by atoms with Gasteiger partial charge in [0, 0.05) is 34.1 Å². The predicted molar refractivity (Wildman–Crippen MR) is 312 cm³/mol. The van der Waals surface area contributed by atoms with E-state index in [-0.39, 0.29) is 12.1 Å². The minimum Gasteiger partial charge on any atom is -0.311 e. The van der Waals surface area contributed by atoms with Gasteiger partial charge < -0.3 is 9.80 Å². The van der Waals surface area contributed by atoms with Gasteiger partial charge in [0.1, 0.15) is 0 Å². The number of hydrogen-bond donors (Lipinski definition) is 0. The SMILES string of the molecule is CC(C)(C)c1cc2c3c(c1)N(c1cc(-c4ccccc4)cc(-c4ccccc4)c1)c1ccc(-c4ccccc4)cc1B3c1cc(-c3ccccc3)ccc1N2c1cc(-c2ccccc2)cc(-c2ccccc2)c1. The van der Waals surface area contributed by atoms with E-state index in [0.717, 1.165) is 11.4 Å². The highest BCUT2D eigenvalue weighted by atomic mass is 15.2. The average Bonchev–Trinajstić information content (AvgIpc) is 3.45. The van der Waals surface area contributed by atoms with Crippen LogP contribution in [0.15, 0.2) is 267 Å². The Kier molecular flexibility index (Phi) is 10.9. The molecule has 2 heterocycles. The van der Waals surface area contributed by atoms with Crippen LogP contribution in [0.3, 0.4) is 0 Å². The first-order chi connectivity index (χ1) is 35.8. The summed E-state index contributed by atoms with van der Waals surface area (Å²) in [4.78, 5) is 5.18. The van der Waals surface area contributed by atoms with Crippen LogP contribution in [0.25, 0.3) is 66.8 Å². The maximum atomic E-state index is 2.59. The summed E-state index contributed by atoms with van der Waals surface area (Å²) >= 11 is 0. The van der Waals surface area contributed by atoms with E-state index in [1.807, 2.05) is 0 Å². The van der Waals surface area contributed by atoms with Crippen molar-refractivity contribution in [3.63, 3.8) is 0 Å². The van der Waals surface area contributed by atoms with E-state index in [9.17, 15) is 0 Å². The van der Waals surface area contributed by atoms with Gasteiger partial charge in [-0.3, -0.25) is 0 Å². The van der Waals surface area contributed by atoms with E-state index in [4.69, 9.17) is 0 Å². The standard InChI is InChI=1S/C70H53BN2/c1-70(2,3)60-46-67-69-68(47-60)73(62-42-58(52-30-18-8-19-31-52)39-59(43-62)53-32-20-9-21-33-53)66-37-35-55(49-24-12-5-13-25-49)45-64(66)71(69)63-44-54(48-22-10-4-11-23-48)34-36-65(63)72(67)61-40-56(50-26-14-6-15-27-50)38-57(41-61)51-28-16-7-17-29-51/h4-47H,1-3H3. The first kappa shape index (κ1) is 44.1. The summed E-state index contributed by atoms with van der Waals surface area (Å²) in [6.07, 6.45) is 0. The average molecular weight is 933 g/mol. The molecule has 0 fully saturated rings. The van der Waals surface area contributed by atoms with Crippen molar-refractivity contribution in [2.24, 2.45) is 0 Å². The Hall–Kier alpha value is -8.92. The Morgan fingerprint density at radius 2 is 0.548 bits per heavy atom. The van der Waals surface area contributed by atoms with Crippen LogP contribution >= 0.6 is 0 Å². The fraction of sp³-hybridized carbons (Fsp3) is 0.0571. The number of fused-ring (bicyclic) bond motifs is 4. The summed E-state index contributed by atoms with van der Waals surface area (Å²) in [5.41, 5.74) is 26.1. The number of rotatable bonds is 8. The molecule has 0 amide bonds. The van der Waals surface area contributed by atoms with Crippen LogP contribution in [-0.2, 0) is 5.41 Å². The van der Waals surface area contributed by atoms with Crippen LogP contribution in [0.1, 0.15) is 26.3 Å². The monoisotopic (exact) mass is 932 g/mol. The lowest BCUT2D eigenvalue weighted by molar-refractivity contribution is 0.590. The zero-order valence-electron chi connectivity index (χ0n) is 41.4. The van der Waals surface area contributed by atoms with Crippen molar-refractivity contribution in [3.8, 4) is 66.8 Å². The van der Waals surface area contributed by atoms with Crippen molar-refractivity contribution in [2.45, 2.75) is 26.2 Å². The third-order valence-corrected chi connectivity index (χ3v) is 14.9. The quantitative estimate of drug-likeness (QED) is 0.140. The van der Waals surface area contributed by atoms with E-state index in [2.05, 4.69) is 297 Å². The smallest absolute Gasteiger partial charge is 0.252 e. The fourth-order valence-corrected chi connectivity index (χ4v) is 11.3. The molecule has 2 nitrogen and oxygen atoms in total. The van der Waals surface area contributed by atoms with Crippen LogP contribution in [0.5, 0.6) is 0 Å². The van der Waals surface area contributed by atoms with Gasteiger partial charge in [0.2, 0.25) is 0 Å². The van der Waals surface area contributed by atoms with Crippen molar-refractivity contribution in [3.05, 3.63) is 272 Å². The highest BCUT2D eigenvalue weighted by Gasteiger charge is 2.44. The van der Waals surface area contributed by atoms with Crippen molar-refractivity contribution in [1.82, 2.24) is 0 Å². The normalized spacial score (nSPS) is 12.5. The summed E-state index contributed by atoms with van der Waals surface area (Å²) in [6, 6.07) is 99.0. The fourth-order valence-electron chi connectivity index (χ4n) is 11.3.